The Hall–Kier alpha value is -2.17. The number of Topliss-reactive ketones (excluding diaryl/α,β-unsaturated/α-hetero) is 1. The number of carbonyl (C=O) groups is 1. The van der Waals surface area contributed by atoms with Crippen LogP contribution in [0.2, 0.25) is 0 Å². The minimum atomic E-state index is -0.0516. The summed E-state index contributed by atoms with van der Waals surface area (Å²) < 4.78 is 6.88. The van der Waals surface area contributed by atoms with E-state index in [2.05, 4.69) is 9.97 Å². The number of methoxy groups -OCH3 is 1. The van der Waals surface area contributed by atoms with E-state index >= 15 is 0 Å². The van der Waals surface area contributed by atoms with Crippen LogP contribution in [0.3, 0.4) is 0 Å². The van der Waals surface area contributed by atoms with Crippen molar-refractivity contribution in [3.8, 4) is 5.88 Å². The van der Waals surface area contributed by atoms with Crippen molar-refractivity contribution in [1.29, 1.82) is 0 Å². The Morgan fingerprint density at radius 1 is 1.41 bits per heavy atom. The maximum absolute atomic E-state index is 12.1. The largest absolute Gasteiger partial charge is 0.480 e. The molecule has 2 heterocycles. The van der Waals surface area contributed by atoms with Crippen molar-refractivity contribution in [2.75, 3.05) is 7.11 Å². The van der Waals surface area contributed by atoms with Crippen LogP contribution in [0, 0.1) is 0 Å². The number of ketones is 1. The van der Waals surface area contributed by atoms with E-state index in [1.54, 1.807) is 24.5 Å². The highest BCUT2D eigenvalue weighted by Crippen LogP contribution is 2.15. The van der Waals surface area contributed by atoms with Gasteiger partial charge in [0.1, 0.15) is 5.82 Å². The molecule has 5 nitrogen and oxygen atoms in total. The summed E-state index contributed by atoms with van der Waals surface area (Å²) in [6.45, 7) is 0. The van der Waals surface area contributed by atoms with Gasteiger partial charge in [-0.2, -0.15) is 0 Å². The predicted octanol–water partition coefficient (Wildman–Crippen LogP) is 1.25. The topological polar surface area (TPSA) is 57.0 Å². The minimum absolute atomic E-state index is 0.0516. The van der Waals surface area contributed by atoms with E-state index in [1.165, 1.54) is 7.11 Å². The molecule has 0 bridgehead atoms. The fraction of sp³-hybridized carbons (Fsp3) is 0.250. The van der Waals surface area contributed by atoms with Crippen LogP contribution in [0.4, 0.5) is 0 Å². The van der Waals surface area contributed by atoms with Crippen LogP contribution in [-0.2, 0) is 13.5 Å². The van der Waals surface area contributed by atoms with Gasteiger partial charge < -0.3 is 9.30 Å². The first-order valence-corrected chi connectivity index (χ1v) is 5.20. The molecule has 2 aromatic heterocycles. The molecule has 2 rings (SSSR count). The third-order valence-electron chi connectivity index (χ3n) is 2.50. The number of hydrogen-bond donors (Lipinski definition) is 0. The fourth-order valence-electron chi connectivity index (χ4n) is 1.57. The summed E-state index contributed by atoms with van der Waals surface area (Å²) >= 11 is 0. The van der Waals surface area contributed by atoms with E-state index < -0.39 is 0 Å². The Morgan fingerprint density at radius 2 is 2.24 bits per heavy atom. The van der Waals surface area contributed by atoms with Crippen LogP contribution in [0.5, 0.6) is 5.88 Å². The Bertz CT molecular complexity index is 534. The first kappa shape index (κ1) is 11.3. The molecular weight excluding hydrogens is 218 g/mol. The first-order chi connectivity index (χ1) is 8.22. The molecule has 0 aliphatic heterocycles. The van der Waals surface area contributed by atoms with Crippen molar-refractivity contribution >= 4 is 5.78 Å². The average molecular weight is 231 g/mol. The number of carbonyl (C=O) groups excluding carboxylic acids is 1. The van der Waals surface area contributed by atoms with Crippen molar-refractivity contribution < 1.29 is 9.53 Å². The van der Waals surface area contributed by atoms with Gasteiger partial charge >= 0.3 is 0 Å². The van der Waals surface area contributed by atoms with Gasteiger partial charge in [0.15, 0.2) is 5.78 Å². The van der Waals surface area contributed by atoms with E-state index in [9.17, 15) is 4.79 Å². The highest BCUT2D eigenvalue weighted by atomic mass is 16.5. The molecular formula is C12H13N3O2. The predicted molar refractivity (Wildman–Crippen MR) is 62.0 cm³/mol. The van der Waals surface area contributed by atoms with E-state index in [4.69, 9.17) is 4.74 Å². The smallest absolute Gasteiger partial charge is 0.224 e. The second kappa shape index (κ2) is 4.78. The molecule has 0 spiro atoms. The van der Waals surface area contributed by atoms with Gasteiger partial charge in [0.25, 0.3) is 0 Å². The van der Waals surface area contributed by atoms with Gasteiger partial charge in [0.2, 0.25) is 5.88 Å². The molecule has 5 heteroatoms. The number of aryl methyl sites for hydroxylation is 1. The fourth-order valence-corrected chi connectivity index (χ4v) is 1.57. The zero-order valence-corrected chi connectivity index (χ0v) is 9.75. The van der Waals surface area contributed by atoms with Gasteiger partial charge in [-0.1, -0.05) is 0 Å². The number of hydrogen-bond acceptors (Lipinski definition) is 4. The highest BCUT2D eigenvalue weighted by Gasteiger charge is 2.15. The highest BCUT2D eigenvalue weighted by molar-refractivity contribution is 5.99. The molecule has 0 radical (unpaired) electrons. The van der Waals surface area contributed by atoms with Crippen molar-refractivity contribution in [3.05, 3.63) is 42.1 Å². The van der Waals surface area contributed by atoms with Crippen molar-refractivity contribution in [3.63, 3.8) is 0 Å². The number of nitrogens with zero attached hydrogens (tertiary/aromatic N) is 3. The summed E-state index contributed by atoms with van der Waals surface area (Å²) in [5, 5.41) is 0. The molecule has 0 saturated carbocycles. The summed E-state index contributed by atoms with van der Waals surface area (Å²) in [7, 11) is 3.36. The van der Waals surface area contributed by atoms with Crippen LogP contribution >= 0.6 is 0 Å². The van der Waals surface area contributed by atoms with E-state index in [-0.39, 0.29) is 12.2 Å². The number of ether oxygens (including phenoxy) is 1. The monoisotopic (exact) mass is 231 g/mol. The van der Waals surface area contributed by atoms with Gasteiger partial charge in [-0.3, -0.25) is 4.79 Å². The lowest BCUT2D eigenvalue weighted by Gasteiger charge is -2.05. The first-order valence-electron chi connectivity index (χ1n) is 5.20. The summed E-state index contributed by atoms with van der Waals surface area (Å²) in [5.74, 6) is 1.02. The molecule has 0 aliphatic rings. The maximum Gasteiger partial charge on any atom is 0.224 e. The molecule has 0 saturated heterocycles. The zero-order chi connectivity index (χ0) is 12.3. The van der Waals surface area contributed by atoms with Gasteiger partial charge in [-0.25, -0.2) is 9.97 Å². The van der Waals surface area contributed by atoms with Crippen LogP contribution in [0.25, 0.3) is 0 Å². The summed E-state index contributed by atoms with van der Waals surface area (Å²) in [4.78, 5) is 20.2. The molecule has 88 valence electrons. The standard InChI is InChI=1S/C12H13N3O2/c1-15-7-6-13-11(15)8-10(16)9-4-3-5-14-12(9)17-2/h3-7H,8H2,1-2H3. The summed E-state index contributed by atoms with van der Waals surface area (Å²) in [6, 6.07) is 3.42. The third-order valence-corrected chi connectivity index (χ3v) is 2.50. The number of rotatable bonds is 4. The molecule has 0 atom stereocenters. The lowest BCUT2D eigenvalue weighted by molar-refractivity contribution is 0.0986. The van der Waals surface area contributed by atoms with Gasteiger partial charge in [-0.15, -0.1) is 0 Å². The molecule has 17 heavy (non-hydrogen) atoms. The minimum Gasteiger partial charge on any atom is -0.480 e. The zero-order valence-electron chi connectivity index (χ0n) is 9.75. The molecule has 2 aromatic rings. The molecule has 0 unspecified atom stereocenters. The number of imidazole rings is 1. The number of aromatic nitrogens is 3. The van der Waals surface area contributed by atoms with E-state index in [0.717, 1.165) is 5.82 Å². The van der Waals surface area contributed by atoms with Crippen LogP contribution < -0.4 is 4.74 Å². The third kappa shape index (κ3) is 2.33. The Balaban J connectivity index is 2.23. The molecule has 0 N–H and O–H groups in total. The van der Waals surface area contributed by atoms with Crippen molar-refractivity contribution in [1.82, 2.24) is 14.5 Å². The summed E-state index contributed by atoms with van der Waals surface area (Å²) in [6.07, 6.45) is 5.31. The van der Waals surface area contributed by atoms with Crippen LogP contribution in [-0.4, -0.2) is 27.4 Å². The lowest BCUT2D eigenvalue weighted by Crippen LogP contribution is -2.10. The maximum atomic E-state index is 12.1. The normalized spacial score (nSPS) is 10.2. The van der Waals surface area contributed by atoms with Crippen molar-refractivity contribution in [2.24, 2.45) is 7.05 Å². The second-order valence-electron chi connectivity index (χ2n) is 3.61. The Morgan fingerprint density at radius 3 is 2.88 bits per heavy atom. The van der Waals surface area contributed by atoms with Crippen molar-refractivity contribution in [2.45, 2.75) is 6.42 Å². The quantitative estimate of drug-likeness (QED) is 0.743. The van der Waals surface area contributed by atoms with Crippen LogP contribution in [0.1, 0.15) is 16.2 Å². The van der Waals surface area contributed by atoms with Gasteiger partial charge in [0, 0.05) is 25.6 Å². The Labute approximate surface area is 99.1 Å². The number of pyridine rings is 1. The van der Waals surface area contributed by atoms with E-state index in [0.29, 0.717) is 11.4 Å². The molecule has 0 aliphatic carbocycles. The van der Waals surface area contributed by atoms with Crippen LogP contribution in [0.15, 0.2) is 30.7 Å². The molecule has 0 aromatic carbocycles. The summed E-state index contributed by atoms with van der Waals surface area (Å²) in [5.41, 5.74) is 0.484. The second-order valence-corrected chi connectivity index (χ2v) is 3.61. The molecule has 0 amide bonds. The van der Waals surface area contributed by atoms with Gasteiger partial charge in [-0.05, 0) is 12.1 Å². The Kier molecular flexibility index (Phi) is 3.18. The van der Waals surface area contributed by atoms with Gasteiger partial charge in [0.05, 0.1) is 19.1 Å². The molecule has 0 fully saturated rings. The SMILES string of the molecule is COc1ncccc1C(=O)Cc1nccn1C. The average Bonchev–Trinajstić information content (AvgIpc) is 2.75. The van der Waals surface area contributed by atoms with E-state index in [1.807, 2.05) is 17.8 Å². The lowest BCUT2D eigenvalue weighted by atomic mass is 10.1.